The molecule has 1 amide bonds. The highest BCUT2D eigenvalue weighted by atomic mass is 16.6. The molecule has 0 aromatic rings. The van der Waals surface area contributed by atoms with Gasteiger partial charge in [-0.15, -0.1) is 13.2 Å². The lowest BCUT2D eigenvalue weighted by Crippen LogP contribution is -2.43. The minimum atomic E-state index is -1.11. The van der Waals surface area contributed by atoms with Gasteiger partial charge in [-0.25, -0.2) is 9.59 Å². The van der Waals surface area contributed by atoms with E-state index in [1.54, 1.807) is 20.8 Å². The fourth-order valence-corrected chi connectivity index (χ4v) is 1.12. The van der Waals surface area contributed by atoms with Gasteiger partial charge in [-0.2, -0.15) is 0 Å². The van der Waals surface area contributed by atoms with Crippen molar-refractivity contribution in [2.45, 2.75) is 51.3 Å². The van der Waals surface area contributed by atoms with Crippen molar-refractivity contribution in [2.75, 3.05) is 0 Å². The lowest BCUT2D eigenvalue weighted by molar-refractivity contribution is -0.139. The first-order chi connectivity index (χ1) is 10.4. The summed E-state index contributed by atoms with van der Waals surface area (Å²) in [4.78, 5) is 31.8. The van der Waals surface area contributed by atoms with Gasteiger partial charge in [-0.05, 0) is 33.6 Å². The number of alkyl carbamates (subject to hydrolysis) is 1. The van der Waals surface area contributed by atoms with Crippen molar-refractivity contribution >= 4 is 18.0 Å². The van der Waals surface area contributed by atoms with Crippen LogP contribution in [0.15, 0.2) is 25.3 Å². The van der Waals surface area contributed by atoms with E-state index in [1.807, 2.05) is 0 Å². The van der Waals surface area contributed by atoms with E-state index in [0.717, 1.165) is 0 Å². The Balaban J connectivity index is 0. The predicted molar refractivity (Wildman–Crippen MR) is 86.0 cm³/mol. The number of hydrogen-bond acceptors (Lipinski definition) is 5. The van der Waals surface area contributed by atoms with Crippen LogP contribution in [0.3, 0.4) is 0 Å². The van der Waals surface area contributed by atoms with Gasteiger partial charge in [0.05, 0.1) is 0 Å². The predicted octanol–water partition coefficient (Wildman–Crippen LogP) is 1.51. The number of nitrogens with two attached hydrogens (primary N) is 1. The van der Waals surface area contributed by atoms with Crippen molar-refractivity contribution in [3.05, 3.63) is 25.3 Å². The van der Waals surface area contributed by atoms with E-state index in [2.05, 4.69) is 18.5 Å². The zero-order valence-corrected chi connectivity index (χ0v) is 13.7. The molecule has 23 heavy (non-hydrogen) atoms. The molecule has 0 fully saturated rings. The van der Waals surface area contributed by atoms with Crippen LogP contribution in [-0.2, 0) is 14.3 Å². The molecule has 2 atom stereocenters. The number of carboxylic acid groups (broad SMARTS) is 2. The molecular weight excluding hydrogens is 304 g/mol. The maximum absolute atomic E-state index is 11.2. The van der Waals surface area contributed by atoms with Gasteiger partial charge < -0.3 is 26.0 Å². The highest BCUT2D eigenvalue weighted by Crippen LogP contribution is 2.07. The van der Waals surface area contributed by atoms with Gasteiger partial charge in [0.25, 0.3) is 0 Å². The maximum atomic E-state index is 11.2. The summed E-state index contributed by atoms with van der Waals surface area (Å²) in [5.41, 5.74) is 4.42. The zero-order chi connectivity index (χ0) is 18.6. The minimum absolute atomic E-state index is 0.161. The second kappa shape index (κ2) is 11.2. The molecule has 0 aliphatic rings. The SMILES string of the molecule is C=CC[C@H](N)C(=O)O.C=CC[C@H](NC(=O)OC(C)(C)C)C(=O)O. The molecule has 0 aromatic carbocycles. The van der Waals surface area contributed by atoms with Gasteiger partial charge in [0.1, 0.15) is 17.7 Å². The van der Waals surface area contributed by atoms with Crippen molar-refractivity contribution in [3.63, 3.8) is 0 Å². The van der Waals surface area contributed by atoms with Crippen LogP contribution in [-0.4, -0.2) is 45.9 Å². The molecule has 0 aromatic heterocycles. The van der Waals surface area contributed by atoms with Gasteiger partial charge in [-0.1, -0.05) is 12.2 Å². The Bertz CT molecular complexity index is 428. The van der Waals surface area contributed by atoms with Gasteiger partial charge in [0, 0.05) is 0 Å². The Kier molecular flexibility index (Phi) is 11.2. The quantitative estimate of drug-likeness (QED) is 0.519. The van der Waals surface area contributed by atoms with Crippen LogP contribution >= 0.6 is 0 Å². The highest BCUT2D eigenvalue weighted by molar-refractivity contribution is 5.80. The number of carbonyl (C=O) groups is 3. The molecule has 0 bridgehead atoms. The molecule has 0 aliphatic carbocycles. The van der Waals surface area contributed by atoms with Gasteiger partial charge in [0.15, 0.2) is 0 Å². The number of hydrogen-bond donors (Lipinski definition) is 4. The number of amides is 1. The molecule has 0 unspecified atom stereocenters. The third-order valence-electron chi connectivity index (χ3n) is 2.13. The second-order valence-electron chi connectivity index (χ2n) is 5.53. The van der Waals surface area contributed by atoms with Gasteiger partial charge >= 0.3 is 18.0 Å². The normalized spacial score (nSPS) is 12.7. The van der Waals surface area contributed by atoms with Crippen LogP contribution in [0.5, 0.6) is 0 Å². The summed E-state index contributed by atoms with van der Waals surface area (Å²) in [5, 5.41) is 19.1. The molecule has 0 aliphatic heterocycles. The van der Waals surface area contributed by atoms with Gasteiger partial charge in [0.2, 0.25) is 0 Å². The molecule has 0 saturated heterocycles. The molecular formula is C15H26N2O6. The number of nitrogens with one attached hydrogen (secondary N) is 1. The van der Waals surface area contributed by atoms with Crippen molar-refractivity contribution in [1.29, 1.82) is 0 Å². The lowest BCUT2D eigenvalue weighted by Gasteiger charge is -2.21. The Morgan fingerprint density at radius 3 is 1.87 bits per heavy atom. The van der Waals surface area contributed by atoms with E-state index < -0.39 is 35.7 Å². The fourth-order valence-electron chi connectivity index (χ4n) is 1.12. The molecule has 0 rings (SSSR count). The van der Waals surface area contributed by atoms with Crippen molar-refractivity contribution in [1.82, 2.24) is 5.32 Å². The second-order valence-corrected chi connectivity index (χ2v) is 5.53. The Morgan fingerprint density at radius 2 is 1.61 bits per heavy atom. The summed E-state index contributed by atoms with van der Waals surface area (Å²) in [6.45, 7) is 11.9. The molecule has 0 spiro atoms. The smallest absolute Gasteiger partial charge is 0.408 e. The van der Waals surface area contributed by atoms with Crippen molar-refractivity contribution in [3.8, 4) is 0 Å². The molecule has 5 N–H and O–H groups in total. The number of rotatable bonds is 7. The summed E-state index contributed by atoms with van der Waals surface area (Å²) < 4.78 is 4.92. The summed E-state index contributed by atoms with van der Waals surface area (Å²) in [7, 11) is 0. The molecule has 8 nitrogen and oxygen atoms in total. The van der Waals surface area contributed by atoms with Crippen molar-refractivity contribution < 1.29 is 29.3 Å². The van der Waals surface area contributed by atoms with Crippen LogP contribution in [0.2, 0.25) is 0 Å². The Hall–Kier alpha value is -2.35. The van der Waals surface area contributed by atoms with E-state index in [4.69, 9.17) is 20.7 Å². The highest BCUT2D eigenvalue weighted by Gasteiger charge is 2.22. The van der Waals surface area contributed by atoms with Crippen LogP contribution in [0.1, 0.15) is 33.6 Å². The maximum Gasteiger partial charge on any atom is 0.408 e. The van der Waals surface area contributed by atoms with E-state index in [9.17, 15) is 14.4 Å². The minimum Gasteiger partial charge on any atom is -0.480 e. The molecule has 0 saturated carbocycles. The monoisotopic (exact) mass is 330 g/mol. The van der Waals surface area contributed by atoms with Crippen LogP contribution in [0.4, 0.5) is 4.79 Å². The van der Waals surface area contributed by atoms with Crippen LogP contribution in [0, 0.1) is 0 Å². The average molecular weight is 330 g/mol. The molecule has 8 heteroatoms. The summed E-state index contributed by atoms with van der Waals surface area (Å²) in [6, 6.07) is -1.77. The van der Waals surface area contributed by atoms with E-state index in [0.29, 0.717) is 6.42 Å². The first-order valence-corrected chi connectivity index (χ1v) is 6.87. The number of carboxylic acids is 2. The van der Waals surface area contributed by atoms with Crippen LogP contribution in [0.25, 0.3) is 0 Å². The van der Waals surface area contributed by atoms with Crippen LogP contribution < -0.4 is 11.1 Å². The molecule has 0 heterocycles. The topological polar surface area (TPSA) is 139 Å². The lowest BCUT2D eigenvalue weighted by atomic mass is 10.2. The number of ether oxygens (including phenoxy) is 1. The van der Waals surface area contributed by atoms with E-state index in [1.165, 1.54) is 12.2 Å². The first kappa shape index (κ1) is 22.9. The third kappa shape index (κ3) is 14.4. The Morgan fingerprint density at radius 1 is 1.13 bits per heavy atom. The fraction of sp³-hybridized carbons (Fsp3) is 0.533. The van der Waals surface area contributed by atoms with Gasteiger partial charge in [-0.3, -0.25) is 4.79 Å². The van der Waals surface area contributed by atoms with E-state index in [-0.39, 0.29) is 6.42 Å². The average Bonchev–Trinajstić information content (AvgIpc) is 2.36. The Labute approximate surface area is 136 Å². The number of carbonyl (C=O) groups excluding carboxylic acids is 1. The van der Waals surface area contributed by atoms with E-state index >= 15 is 0 Å². The third-order valence-corrected chi connectivity index (χ3v) is 2.13. The summed E-state index contributed by atoms with van der Waals surface area (Å²) in [5.74, 6) is -2.09. The first-order valence-electron chi connectivity index (χ1n) is 6.87. The number of aliphatic carboxylic acids is 2. The standard InChI is InChI=1S/C10H17NO4.C5H9NO2/c1-5-6-7(8(12)13)11-9(14)15-10(2,3)4;1-2-3-4(6)5(7)8/h5,7H,1,6H2,2-4H3,(H,11,14)(H,12,13);2,4H,1,3,6H2,(H,7,8)/t7-;4-/m00/s1. The molecule has 0 radical (unpaired) electrons. The molecule has 132 valence electrons. The summed E-state index contributed by atoms with van der Waals surface area (Å²) >= 11 is 0. The van der Waals surface area contributed by atoms with Crippen molar-refractivity contribution in [2.24, 2.45) is 5.73 Å². The largest absolute Gasteiger partial charge is 0.480 e. The zero-order valence-electron chi connectivity index (χ0n) is 13.7. The summed E-state index contributed by atoms with van der Waals surface area (Å²) in [6.07, 6.45) is 2.66.